The topological polar surface area (TPSA) is 66.9 Å². The summed E-state index contributed by atoms with van der Waals surface area (Å²) in [6.45, 7) is 0. The standard InChI is InChI=1S/C13H9IN4OS/c14-8-1-3-9(4-2-8)15-13(19)16-10-5-6-12-11(7-10)17-18-20-12/h1-7H,(H2,15,16,19). The Hall–Kier alpha value is -1.74. The molecule has 2 N–H and O–H groups in total. The Labute approximate surface area is 132 Å². The Kier molecular flexibility index (Phi) is 3.79. The molecule has 7 heteroatoms. The summed E-state index contributed by atoms with van der Waals surface area (Å²) >= 11 is 3.54. The van der Waals surface area contributed by atoms with Crippen LogP contribution in [0.1, 0.15) is 0 Å². The zero-order valence-corrected chi connectivity index (χ0v) is 13.1. The third-order valence-electron chi connectivity index (χ3n) is 2.61. The molecule has 0 atom stereocenters. The van der Waals surface area contributed by atoms with Gasteiger partial charge in [0, 0.05) is 14.9 Å². The van der Waals surface area contributed by atoms with E-state index in [9.17, 15) is 4.79 Å². The lowest BCUT2D eigenvalue weighted by Crippen LogP contribution is -2.19. The van der Waals surface area contributed by atoms with Gasteiger partial charge in [0.15, 0.2) is 0 Å². The lowest BCUT2D eigenvalue weighted by atomic mass is 10.3. The first-order valence-electron chi connectivity index (χ1n) is 5.76. The molecule has 2 aromatic carbocycles. The second-order valence-corrected chi connectivity index (χ2v) is 6.07. The molecule has 0 unspecified atom stereocenters. The van der Waals surface area contributed by atoms with E-state index in [4.69, 9.17) is 0 Å². The van der Waals surface area contributed by atoms with E-state index in [0.717, 1.165) is 19.5 Å². The highest BCUT2D eigenvalue weighted by Crippen LogP contribution is 2.20. The molecule has 2 amide bonds. The monoisotopic (exact) mass is 396 g/mol. The predicted octanol–water partition coefficient (Wildman–Crippen LogP) is 3.94. The van der Waals surface area contributed by atoms with Crippen LogP contribution in [0.15, 0.2) is 42.5 Å². The van der Waals surface area contributed by atoms with Gasteiger partial charge in [0.25, 0.3) is 0 Å². The Balaban J connectivity index is 1.70. The van der Waals surface area contributed by atoms with Crippen molar-refractivity contribution < 1.29 is 4.79 Å². The zero-order chi connectivity index (χ0) is 13.9. The molecule has 5 nitrogen and oxygen atoms in total. The Morgan fingerprint density at radius 3 is 2.55 bits per heavy atom. The molecule has 0 radical (unpaired) electrons. The summed E-state index contributed by atoms with van der Waals surface area (Å²) in [4.78, 5) is 11.9. The number of hydrogen-bond donors (Lipinski definition) is 2. The first kappa shape index (κ1) is 13.3. The van der Waals surface area contributed by atoms with Crippen LogP contribution in [-0.4, -0.2) is 15.6 Å². The van der Waals surface area contributed by atoms with Crippen LogP contribution in [0.5, 0.6) is 0 Å². The third kappa shape index (κ3) is 3.05. The van der Waals surface area contributed by atoms with Gasteiger partial charge < -0.3 is 10.6 Å². The maximum Gasteiger partial charge on any atom is 0.323 e. The fourth-order valence-corrected chi connectivity index (χ4v) is 2.58. The van der Waals surface area contributed by atoms with Crippen LogP contribution < -0.4 is 10.6 Å². The summed E-state index contributed by atoms with van der Waals surface area (Å²) in [7, 11) is 0. The Morgan fingerprint density at radius 1 is 1.05 bits per heavy atom. The van der Waals surface area contributed by atoms with E-state index in [0.29, 0.717) is 5.69 Å². The fourth-order valence-electron chi connectivity index (χ4n) is 1.69. The summed E-state index contributed by atoms with van der Waals surface area (Å²) < 4.78 is 5.97. The van der Waals surface area contributed by atoms with Crippen molar-refractivity contribution >= 4 is 61.7 Å². The van der Waals surface area contributed by atoms with E-state index in [2.05, 4.69) is 42.8 Å². The normalized spacial score (nSPS) is 10.4. The van der Waals surface area contributed by atoms with Gasteiger partial charge in [0.2, 0.25) is 0 Å². The Bertz CT molecular complexity index is 756. The predicted molar refractivity (Wildman–Crippen MR) is 89.2 cm³/mol. The quantitative estimate of drug-likeness (QED) is 0.645. The van der Waals surface area contributed by atoms with Gasteiger partial charge in [0.05, 0.1) is 4.70 Å². The van der Waals surface area contributed by atoms with Crippen molar-refractivity contribution in [2.24, 2.45) is 0 Å². The average molecular weight is 396 g/mol. The first-order chi connectivity index (χ1) is 9.70. The second kappa shape index (κ2) is 5.71. The van der Waals surface area contributed by atoms with Crippen LogP contribution >= 0.6 is 34.1 Å². The van der Waals surface area contributed by atoms with Gasteiger partial charge in [-0.25, -0.2) is 4.79 Å². The van der Waals surface area contributed by atoms with Crippen molar-refractivity contribution in [2.45, 2.75) is 0 Å². The van der Waals surface area contributed by atoms with Gasteiger partial charge >= 0.3 is 6.03 Å². The number of carbonyl (C=O) groups excluding carboxylic acids is 1. The minimum Gasteiger partial charge on any atom is -0.308 e. The molecule has 0 aliphatic rings. The summed E-state index contributed by atoms with van der Waals surface area (Å²) in [5.41, 5.74) is 2.22. The van der Waals surface area contributed by atoms with E-state index < -0.39 is 0 Å². The van der Waals surface area contributed by atoms with Crippen molar-refractivity contribution in [2.75, 3.05) is 10.6 Å². The average Bonchev–Trinajstić information content (AvgIpc) is 2.89. The number of carbonyl (C=O) groups is 1. The second-order valence-electron chi connectivity index (χ2n) is 4.04. The van der Waals surface area contributed by atoms with E-state index in [1.165, 1.54) is 11.5 Å². The van der Waals surface area contributed by atoms with Gasteiger partial charge in [-0.15, -0.1) is 5.10 Å². The first-order valence-corrected chi connectivity index (χ1v) is 7.61. The lowest BCUT2D eigenvalue weighted by Gasteiger charge is -2.07. The van der Waals surface area contributed by atoms with Crippen molar-refractivity contribution in [1.82, 2.24) is 9.59 Å². The number of amides is 2. The SMILES string of the molecule is O=C(Nc1ccc(I)cc1)Nc1ccc2snnc2c1. The van der Waals surface area contributed by atoms with E-state index >= 15 is 0 Å². The molecular formula is C13H9IN4OS. The van der Waals surface area contributed by atoms with Crippen LogP contribution in [-0.2, 0) is 0 Å². The van der Waals surface area contributed by atoms with Crippen LogP contribution in [0.4, 0.5) is 16.2 Å². The molecule has 1 aromatic heterocycles. The number of nitrogens with zero attached hydrogens (tertiary/aromatic N) is 2. The minimum atomic E-state index is -0.284. The van der Waals surface area contributed by atoms with Crippen molar-refractivity contribution in [3.8, 4) is 0 Å². The highest BCUT2D eigenvalue weighted by Gasteiger charge is 2.05. The molecule has 0 aliphatic heterocycles. The molecule has 3 aromatic rings. The van der Waals surface area contributed by atoms with Gasteiger partial charge in [-0.1, -0.05) is 4.49 Å². The number of nitrogens with one attached hydrogen (secondary N) is 2. The summed E-state index contributed by atoms with van der Waals surface area (Å²) in [6, 6.07) is 12.8. The maximum absolute atomic E-state index is 11.9. The maximum atomic E-state index is 11.9. The number of aromatic nitrogens is 2. The zero-order valence-electron chi connectivity index (χ0n) is 10.1. The van der Waals surface area contributed by atoms with Gasteiger partial charge in [0.1, 0.15) is 5.52 Å². The third-order valence-corrected chi connectivity index (χ3v) is 4.03. The molecule has 0 aliphatic carbocycles. The van der Waals surface area contributed by atoms with Crippen LogP contribution in [0.25, 0.3) is 10.2 Å². The number of halogens is 1. The number of hydrogen-bond acceptors (Lipinski definition) is 4. The Morgan fingerprint density at radius 2 is 1.75 bits per heavy atom. The fraction of sp³-hybridized carbons (Fsp3) is 0. The van der Waals surface area contributed by atoms with Crippen molar-refractivity contribution in [3.05, 3.63) is 46.0 Å². The van der Waals surface area contributed by atoms with Crippen molar-refractivity contribution in [1.29, 1.82) is 0 Å². The molecule has 20 heavy (non-hydrogen) atoms. The van der Waals surface area contributed by atoms with Crippen LogP contribution in [0.2, 0.25) is 0 Å². The van der Waals surface area contributed by atoms with Gasteiger partial charge in [-0.3, -0.25) is 0 Å². The van der Waals surface area contributed by atoms with Gasteiger partial charge in [-0.2, -0.15) is 0 Å². The molecule has 1 heterocycles. The molecule has 3 rings (SSSR count). The number of anilines is 2. The molecular weight excluding hydrogens is 387 g/mol. The molecule has 0 fully saturated rings. The number of fused-ring (bicyclic) bond motifs is 1. The van der Waals surface area contributed by atoms with E-state index in [1.54, 1.807) is 6.07 Å². The molecule has 0 spiro atoms. The number of urea groups is 1. The van der Waals surface area contributed by atoms with Crippen molar-refractivity contribution in [3.63, 3.8) is 0 Å². The molecule has 0 bridgehead atoms. The van der Waals surface area contributed by atoms with Crippen LogP contribution in [0.3, 0.4) is 0 Å². The largest absolute Gasteiger partial charge is 0.323 e. The lowest BCUT2D eigenvalue weighted by molar-refractivity contribution is 0.262. The van der Waals surface area contributed by atoms with Crippen LogP contribution in [0, 0.1) is 3.57 Å². The number of rotatable bonds is 2. The smallest absolute Gasteiger partial charge is 0.308 e. The summed E-state index contributed by atoms with van der Waals surface area (Å²) in [5, 5.41) is 9.52. The highest BCUT2D eigenvalue weighted by molar-refractivity contribution is 14.1. The van der Waals surface area contributed by atoms with Gasteiger partial charge in [-0.05, 0) is 76.6 Å². The minimum absolute atomic E-state index is 0.284. The van der Waals surface area contributed by atoms with E-state index in [-0.39, 0.29) is 6.03 Å². The van der Waals surface area contributed by atoms with E-state index in [1.807, 2.05) is 36.4 Å². The number of benzene rings is 2. The molecule has 0 saturated heterocycles. The summed E-state index contributed by atoms with van der Waals surface area (Å²) in [5.74, 6) is 0. The molecule has 100 valence electrons. The highest BCUT2D eigenvalue weighted by atomic mass is 127. The summed E-state index contributed by atoms with van der Waals surface area (Å²) in [6.07, 6.45) is 0. The molecule has 0 saturated carbocycles.